The molecular weight excluding hydrogens is 434 g/mol. The summed E-state index contributed by atoms with van der Waals surface area (Å²) in [6.07, 6.45) is 1.98. The van der Waals surface area contributed by atoms with Gasteiger partial charge >= 0.3 is 5.97 Å². The minimum Gasteiger partial charge on any atom is -0.480 e. The zero-order chi connectivity index (χ0) is 22.6. The second kappa shape index (κ2) is 9.96. The molecule has 0 aliphatic carbocycles. The van der Waals surface area contributed by atoms with Crippen molar-refractivity contribution in [3.8, 4) is 0 Å². The van der Waals surface area contributed by atoms with Gasteiger partial charge in [0.15, 0.2) is 11.4 Å². The number of fused-ring (bicyclic) bond motifs is 1. The molecule has 2 heterocycles. The molecule has 2 unspecified atom stereocenters. The van der Waals surface area contributed by atoms with Crippen LogP contribution in [-0.2, 0) is 14.4 Å². The minimum atomic E-state index is -1.01. The lowest BCUT2D eigenvalue weighted by Crippen LogP contribution is -2.50. The van der Waals surface area contributed by atoms with Gasteiger partial charge in [-0.05, 0) is 31.7 Å². The number of amides is 1. The van der Waals surface area contributed by atoms with E-state index in [-0.39, 0.29) is 18.1 Å². The lowest BCUT2D eigenvalue weighted by molar-refractivity contribution is -0.150. The number of nitrogens with zero attached hydrogens (tertiary/aromatic N) is 1. The van der Waals surface area contributed by atoms with Crippen LogP contribution in [0.3, 0.4) is 0 Å². The van der Waals surface area contributed by atoms with E-state index in [1.807, 2.05) is 43.5 Å². The number of carbonyl (C=O) groups excluding carboxylic acids is 3. The fourth-order valence-electron chi connectivity index (χ4n) is 4.62. The van der Waals surface area contributed by atoms with E-state index in [1.165, 1.54) is 16.2 Å². The second-order valence-corrected chi connectivity index (χ2v) is 10.0. The van der Waals surface area contributed by atoms with Crippen LogP contribution in [-0.4, -0.2) is 50.6 Å². The van der Waals surface area contributed by atoms with Crippen molar-refractivity contribution in [2.75, 3.05) is 6.54 Å². The van der Waals surface area contributed by atoms with Gasteiger partial charge in [-0.3, -0.25) is 14.4 Å². The predicted octanol–water partition coefficient (Wildman–Crippen LogP) is 4.65. The molecule has 1 aliphatic rings. The number of likely N-dealkylation sites (tertiary alicyclic amines) is 1. The number of hydrogen-bond donors (Lipinski definition) is 1. The third-order valence-electron chi connectivity index (χ3n) is 6.28. The maximum absolute atomic E-state index is 13.5. The molecule has 0 spiro atoms. The number of aliphatic carboxylic acids is 1. The Morgan fingerprint density at radius 2 is 2.06 bits per heavy atom. The average molecular weight is 462 g/mol. The molecule has 1 amide bonds. The molecule has 2 aromatic rings. The Balaban J connectivity index is 1.94. The third-order valence-corrected chi connectivity index (χ3v) is 8.53. The normalized spacial score (nSPS) is 19.2. The summed E-state index contributed by atoms with van der Waals surface area (Å²) in [4.78, 5) is 51.5. The van der Waals surface area contributed by atoms with Crippen molar-refractivity contribution in [2.24, 2.45) is 5.92 Å². The Hall–Kier alpha value is -2.19. The molecule has 31 heavy (non-hydrogen) atoms. The van der Waals surface area contributed by atoms with Crippen molar-refractivity contribution < 1.29 is 24.3 Å². The van der Waals surface area contributed by atoms with Gasteiger partial charge in [-0.15, -0.1) is 11.3 Å². The molecule has 1 aromatic heterocycles. The zero-order valence-electron chi connectivity index (χ0n) is 17.7. The van der Waals surface area contributed by atoms with Crippen LogP contribution in [0.25, 0.3) is 10.1 Å². The fourth-order valence-corrected chi connectivity index (χ4v) is 6.59. The zero-order valence-corrected chi connectivity index (χ0v) is 19.3. The van der Waals surface area contributed by atoms with Gasteiger partial charge in [0.2, 0.25) is 5.91 Å². The van der Waals surface area contributed by atoms with Gasteiger partial charge in [-0.1, -0.05) is 43.8 Å². The van der Waals surface area contributed by atoms with Gasteiger partial charge in [-0.25, -0.2) is 4.79 Å². The second-order valence-electron chi connectivity index (χ2n) is 7.87. The van der Waals surface area contributed by atoms with E-state index in [0.717, 1.165) is 21.8 Å². The van der Waals surface area contributed by atoms with Crippen LogP contribution < -0.4 is 0 Å². The summed E-state index contributed by atoms with van der Waals surface area (Å²) in [5.74, 6) is -2.00. The molecule has 166 valence electrons. The van der Waals surface area contributed by atoms with E-state index < -0.39 is 22.7 Å². The van der Waals surface area contributed by atoms with Crippen molar-refractivity contribution in [1.29, 1.82) is 0 Å². The van der Waals surface area contributed by atoms with E-state index in [0.29, 0.717) is 43.4 Å². The number of carboxylic acid groups (broad SMARTS) is 1. The summed E-state index contributed by atoms with van der Waals surface area (Å²) in [5, 5.41) is 12.2. The first kappa shape index (κ1) is 23.5. The van der Waals surface area contributed by atoms with Crippen molar-refractivity contribution in [3.05, 3.63) is 35.2 Å². The molecule has 8 heteroatoms. The highest BCUT2D eigenvalue weighted by Crippen LogP contribution is 2.43. The summed E-state index contributed by atoms with van der Waals surface area (Å²) in [6, 6.07) is 6.84. The number of hydrogen-bond acceptors (Lipinski definition) is 6. The van der Waals surface area contributed by atoms with Crippen LogP contribution in [0.4, 0.5) is 0 Å². The number of ketones is 1. The number of thioether (sulfide) groups is 1. The summed E-state index contributed by atoms with van der Waals surface area (Å²) in [6.45, 7) is 4.12. The Bertz CT molecular complexity index is 987. The monoisotopic (exact) mass is 461 g/mol. The smallest absolute Gasteiger partial charge is 0.326 e. The summed E-state index contributed by atoms with van der Waals surface area (Å²) in [7, 11) is 0. The lowest BCUT2D eigenvalue weighted by atomic mass is 9.81. The van der Waals surface area contributed by atoms with E-state index >= 15 is 0 Å². The molecule has 1 saturated heterocycles. The third kappa shape index (κ3) is 4.55. The molecular formula is C23H27NO5S2. The lowest BCUT2D eigenvalue weighted by Gasteiger charge is -2.39. The molecule has 0 radical (unpaired) electrons. The Morgan fingerprint density at radius 1 is 1.32 bits per heavy atom. The van der Waals surface area contributed by atoms with Gasteiger partial charge in [0.05, 0.1) is 5.92 Å². The molecule has 3 atom stereocenters. The largest absolute Gasteiger partial charge is 0.480 e. The number of Topliss-reactive ketones (excluding diaryl/α,β-unsaturated/α-hetero) is 1. The maximum atomic E-state index is 13.5. The van der Waals surface area contributed by atoms with E-state index in [2.05, 4.69) is 0 Å². The van der Waals surface area contributed by atoms with Gasteiger partial charge in [0.1, 0.15) is 6.04 Å². The first-order chi connectivity index (χ1) is 14.9. The quantitative estimate of drug-likeness (QED) is 0.409. The summed E-state index contributed by atoms with van der Waals surface area (Å²) >= 11 is 2.49. The number of carboxylic acids is 1. The van der Waals surface area contributed by atoms with E-state index in [1.54, 1.807) is 0 Å². The van der Waals surface area contributed by atoms with E-state index in [4.69, 9.17) is 0 Å². The Labute approximate surface area is 190 Å². The molecule has 6 nitrogen and oxygen atoms in total. The topological polar surface area (TPSA) is 91.8 Å². The number of rotatable bonds is 10. The first-order valence-corrected chi connectivity index (χ1v) is 12.3. The van der Waals surface area contributed by atoms with Crippen molar-refractivity contribution in [2.45, 2.75) is 56.7 Å². The van der Waals surface area contributed by atoms with Crippen LogP contribution in [0, 0.1) is 5.92 Å². The fraction of sp³-hybridized carbons (Fsp3) is 0.478. The molecule has 1 aromatic carbocycles. The number of carbonyl (C=O) groups is 4. The number of benzene rings is 1. The molecule has 0 bridgehead atoms. The highest BCUT2D eigenvalue weighted by molar-refractivity contribution is 8.13. The van der Waals surface area contributed by atoms with Gasteiger partial charge in [0.25, 0.3) is 0 Å². The standard InChI is InChI=1S/C23H27NO5S2/c1-3-17(21(27)24-11-7-9-18(24)22(28)29)23(4-2,31-14-25)12-19(26)16-13-30-20-10-6-5-8-15(16)20/h5-6,8,10,13-14,17-18H,3-4,7,9,11-12H2,1-2H3,(H,28,29)/t17?,18-,23?/m0/s1. The maximum Gasteiger partial charge on any atom is 0.326 e. The average Bonchev–Trinajstić information content (AvgIpc) is 3.41. The molecule has 1 aliphatic heterocycles. The van der Waals surface area contributed by atoms with Crippen molar-refractivity contribution >= 4 is 56.5 Å². The van der Waals surface area contributed by atoms with Gasteiger partial charge < -0.3 is 10.0 Å². The van der Waals surface area contributed by atoms with Crippen LogP contribution in [0.15, 0.2) is 29.6 Å². The van der Waals surface area contributed by atoms with Crippen LogP contribution in [0.5, 0.6) is 0 Å². The predicted molar refractivity (Wildman–Crippen MR) is 124 cm³/mol. The van der Waals surface area contributed by atoms with Crippen molar-refractivity contribution in [3.63, 3.8) is 0 Å². The summed E-state index contributed by atoms with van der Waals surface area (Å²) in [5.41, 5.74) is 1.31. The van der Waals surface area contributed by atoms with Crippen LogP contribution in [0.1, 0.15) is 56.3 Å². The molecule has 1 N–H and O–H groups in total. The molecule has 0 saturated carbocycles. The van der Waals surface area contributed by atoms with Crippen LogP contribution in [0.2, 0.25) is 0 Å². The molecule has 1 fully saturated rings. The minimum absolute atomic E-state index is 0.0451. The highest BCUT2D eigenvalue weighted by atomic mass is 32.2. The van der Waals surface area contributed by atoms with Crippen LogP contribution >= 0.6 is 23.1 Å². The Kier molecular flexibility index (Phi) is 7.54. The summed E-state index contributed by atoms with van der Waals surface area (Å²) < 4.78 is 0.0970. The van der Waals surface area contributed by atoms with Gasteiger partial charge in [-0.2, -0.15) is 0 Å². The highest BCUT2D eigenvalue weighted by Gasteiger charge is 2.47. The molecule has 3 rings (SSSR count). The SMILES string of the molecule is CCC(C(=O)N1CCC[C@H]1C(=O)O)C(CC)(CC(=O)c1csc2ccccc12)SC=O. The van der Waals surface area contributed by atoms with E-state index in [9.17, 15) is 24.3 Å². The van der Waals surface area contributed by atoms with Gasteiger partial charge in [0, 0.05) is 38.7 Å². The van der Waals surface area contributed by atoms with Crippen molar-refractivity contribution in [1.82, 2.24) is 4.90 Å². The first-order valence-electron chi connectivity index (χ1n) is 10.5. The Morgan fingerprint density at radius 3 is 2.71 bits per heavy atom. The number of thiophene rings is 1.